The summed E-state index contributed by atoms with van der Waals surface area (Å²) in [7, 11) is 0. The van der Waals surface area contributed by atoms with Crippen molar-refractivity contribution in [1.82, 2.24) is 5.06 Å². The van der Waals surface area contributed by atoms with E-state index in [-0.39, 0.29) is 11.1 Å². The van der Waals surface area contributed by atoms with Gasteiger partial charge in [-0.05, 0) is 59.3 Å². The molecule has 0 unspecified atom stereocenters. The van der Waals surface area contributed by atoms with E-state index in [2.05, 4.69) is 39.7 Å². The van der Waals surface area contributed by atoms with Crippen molar-refractivity contribution in [2.45, 2.75) is 232 Å². The second-order valence-electron chi connectivity index (χ2n) is 15.4. The first-order chi connectivity index (χ1) is 20.7. The Kier molecular flexibility index (Phi) is 24.0. The molecular formula is C39H77NO3. The number of carboxylic acid groups (broad SMARTS) is 1. The molecule has 0 aromatic carbocycles. The van der Waals surface area contributed by atoms with Gasteiger partial charge in [0, 0.05) is 17.5 Å². The van der Waals surface area contributed by atoms with Crippen LogP contribution in [0.15, 0.2) is 0 Å². The molecular weight excluding hydrogens is 530 g/mol. The van der Waals surface area contributed by atoms with Gasteiger partial charge in [0.1, 0.15) is 0 Å². The third kappa shape index (κ3) is 21.7. The minimum absolute atomic E-state index is 0.126. The number of hydrogen-bond donors (Lipinski definition) is 1. The van der Waals surface area contributed by atoms with Crippen LogP contribution in [0, 0.1) is 5.92 Å². The monoisotopic (exact) mass is 608 g/mol. The van der Waals surface area contributed by atoms with E-state index in [0.29, 0.717) is 6.42 Å². The van der Waals surface area contributed by atoms with E-state index in [4.69, 9.17) is 9.94 Å². The Bertz CT molecular complexity index is 628. The predicted octanol–water partition coefficient (Wildman–Crippen LogP) is 12.8. The lowest BCUT2D eigenvalue weighted by atomic mass is 9.73. The van der Waals surface area contributed by atoms with Gasteiger partial charge in [-0.1, -0.05) is 161 Å². The topological polar surface area (TPSA) is 49.8 Å². The lowest BCUT2D eigenvalue weighted by Gasteiger charge is -2.54. The molecule has 0 spiro atoms. The number of aliphatic carboxylic acids is 1. The number of rotatable bonds is 30. The normalized spacial score (nSPS) is 17.0. The van der Waals surface area contributed by atoms with Gasteiger partial charge >= 0.3 is 5.97 Å². The van der Waals surface area contributed by atoms with Crippen LogP contribution in [0.25, 0.3) is 0 Å². The van der Waals surface area contributed by atoms with Crippen molar-refractivity contribution in [2.75, 3.05) is 6.61 Å². The molecule has 0 atom stereocenters. The van der Waals surface area contributed by atoms with E-state index in [1.165, 1.54) is 167 Å². The van der Waals surface area contributed by atoms with Crippen molar-refractivity contribution in [1.29, 1.82) is 0 Å². The van der Waals surface area contributed by atoms with Gasteiger partial charge in [-0.25, -0.2) is 0 Å². The molecule has 1 aliphatic rings. The van der Waals surface area contributed by atoms with Crippen LogP contribution in [-0.4, -0.2) is 33.8 Å². The fourth-order valence-corrected chi connectivity index (χ4v) is 7.78. The highest BCUT2D eigenvalue weighted by atomic mass is 16.7. The Morgan fingerprint density at radius 2 is 0.930 bits per heavy atom. The molecule has 1 saturated heterocycles. The second kappa shape index (κ2) is 25.6. The maximum Gasteiger partial charge on any atom is 0.303 e. The van der Waals surface area contributed by atoms with Gasteiger partial charge in [0.2, 0.25) is 0 Å². The zero-order chi connectivity index (χ0) is 31.7. The van der Waals surface area contributed by atoms with E-state index < -0.39 is 5.97 Å². The third-order valence-electron chi connectivity index (χ3n) is 9.90. The number of carboxylic acids is 1. The molecule has 0 amide bonds. The minimum Gasteiger partial charge on any atom is -0.481 e. The van der Waals surface area contributed by atoms with E-state index >= 15 is 0 Å². The Morgan fingerprint density at radius 3 is 1.33 bits per heavy atom. The Hall–Kier alpha value is -0.610. The number of nitrogens with zero attached hydrogens (tertiary/aromatic N) is 1. The summed E-state index contributed by atoms with van der Waals surface area (Å²) in [6.45, 7) is 12.8. The molecule has 0 saturated carbocycles. The summed E-state index contributed by atoms with van der Waals surface area (Å²) in [5.41, 5.74) is 0.252. The summed E-state index contributed by atoms with van der Waals surface area (Å²) in [6, 6.07) is 0. The molecule has 0 aliphatic carbocycles. The zero-order valence-electron chi connectivity index (χ0n) is 30.0. The van der Waals surface area contributed by atoms with Crippen LogP contribution in [0.2, 0.25) is 0 Å². The summed E-state index contributed by atoms with van der Waals surface area (Å²) in [4.78, 5) is 16.9. The maximum absolute atomic E-state index is 10.5. The van der Waals surface area contributed by atoms with Crippen LogP contribution in [0.4, 0.5) is 0 Å². The fourth-order valence-electron chi connectivity index (χ4n) is 7.78. The lowest BCUT2D eigenvalue weighted by molar-refractivity contribution is -0.288. The number of hydrogen-bond acceptors (Lipinski definition) is 3. The molecule has 0 aromatic rings. The molecule has 0 aromatic heterocycles. The molecule has 0 radical (unpaired) electrons. The van der Waals surface area contributed by atoms with Crippen LogP contribution in [0.3, 0.4) is 0 Å². The molecule has 43 heavy (non-hydrogen) atoms. The van der Waals surface area contributed by atoms with Crippen molar-refractivity contribution in [3.8, 4) is 0 Å². The van der Waals surface area contributed by atoms with Crippen LogP contribution in [0.5, 0.6) is 0 Å². The highest BCUT2D eigenvalue weighted by molar-refractivity contribution is 5.66. The van der Waals surface area contributed by atoms with Crippen LogP contribution < -0.4 is 0 Å². The Labute approximate surface area is 269 Å². The molecule has 1 N–H and O–H groups in total. The first-order valence-electron chi connectivity index (χ1n) is 19.3. The van der Waals surface area contributed by atoms with E-state index in [0.717, 1.165) is 25.4 Å². The molecule has 1 heterocycles. The molecule has 1 aliphatic heterocycles. The molecule has 0 bridgehead atoms. The summed E-state index contributed by atoms with van der Waals surface area (Å²) < 4.78 is 0. The lowest BCUT2D eigenvalue weighted by Crippen LogP contribution is -2.60. The van der Waals surface area contributed by atoms with Crippen molar-refractivity contribution in [3.05, 3.63) is 0 Å². The highest BCUT2D eigenvalue weighted by Gasteiger charge is 2.46. The van der Waals surface area contributed by atoms with Gasteiger partial charge in [-0.2, -0.15) is 5.06 Å². The van der Waals surface area contributed by atoms with Gasteiger partial charge in [0.05, 0.1) is 6.61 Å². The zero-order valence-corrected chi connectivity index (χ0v) is 30.0. The largest absolute Gasteiger partial charge is 0.481 e. The van der Waals surface area contributed by atoms with E-state index in [1.54, 1.807) is 0 Å². The molecule has 1 fully saturated rings. The standard InChI is InChI=1S/C39H77NO3/c1-6-7-8-9-27-30-33-43-40-38(2,3)34-36(35-39(40,4)5)31-28-25-23-21-19-17-15-13-11-10-12-14-16-18-20-22-24-26-29-32-37(41)42/h36H,6-35H2,1-5H3,(H,41,42). The van der Waals surface area contributed by atoms with Crippen molar-refractivity contribution in [3.63, 3.8) is 0 Å². The molecule has 4 heteroatoms. The second-order valence-corrected chi connectivity index (χ2v) is 15.4. The molecule has 256 valence electrons. The van der Waals surface area contributed by atoms with Gasteiger partial charge in [0.15, 0.2) is 0 Å². The maximum atomic E-state index is 10.5. The van der Waals surface area contributed by atoms with Crippen LogP contribution >= 0.6 is 0 Å². The van der Waals surface area contributed by atoms with Gasteiger partial charge in [-0.3, -0.25) is 9.63 Å². The number of piperidine rings is 1. The van der Waals surface area contributed by atoms with E-state index in [9.17, 15) is 4.79 Å². The smallest absolute Gasteiger partial charge is 0.303 e. The summed E-state index contributed by atoms with van der Waals surface area (Å²) >= 11 is 0. The average Bonchev–Trinajstić information content (AvgIpc) is 2.93. The van der Waals surface area contributed by atoms with Crippen LogP contribution in [0.1, 0.15) is 221 Å². The summed E-state index contributed by atoms with van der Waals surface area (Å²) in [5, 5.41) is 11.0. The van der Waals surface area contributed by atoms with Crippen molar-refractivity contribution in [2.24, 2.45) is 5.92 Å². The first-order valence-corrected chi connectivity index (χ1v) is 19.3. The first kappa shape index (κ1) is 40.4. The minimum atomic E-state index is -0.651. The SMILES string of the molecule is CCCCCCCCON1C(C)(C)CC(CCCCCCCCCCCCCCCCCCCCCC(=O)O)CC1(C)C. The summed E-state index contributed by atoms with van der Waals surface area (Å²) in [5.74, 6) is 0.183. The molecule has 4 nitrogen and oxygen atoms in total. The Morgan fingerprint density at radius 1 is 0.581 bits per heavy atom. The number of carbonyl (C=O) groups is 1. The summed E-state index contributed by atoms with van der Waals surface area (Å²) in [6.07, 6.45) is 37.8. The van der Waals surface area contributed by atoms with Gasteiger partial charge < -0.3 is 5.11 Å². The third-order valence-corrected chi connectivity index (χ3v) is 9.90. The quantitative estimate of drug-likeness (QED) is 0.0825. The fraction of sp³-hybridized carbons (Fsp3) is 0.974. The van der Waals surface area contributed by atoms with Crippen molar-refractivity contribution >= 4 is 5.97 Å². The van der Waals surface area contributed by atoms with Gasteiger partial charge in [0.25, 0.3) is 0 Å². The Balaban J connectivity index is 1.93. The molecule has 1 rings (SSSR count). The van der Waals surface area contributed by atoms with Gasteiger partial charge in [-0.15, -0.1) is 0 Å². The van der Waals surface area contributed by atoms with Crippen molar-refractivity contribution < 1.29 is 14.7 Å². The van der Waals surface area contributed by atoms with E-state index in [1.807, 2.05) is 0 Å². The predicted molar refractivity (Wildman–Crippen MR) is 187 cm³/mol. The highest BCUT2D eigenvalue weighted by Crippen LogP contribution is 2.43. The van der Waals surface area contributed by atoms with Crippen LogP contribution in [-0.2, 0) is 9.63 Å². The average molecular weight is 608 g/mol. The number of hydroxylamine groups is 2. The number of unbranched alkanes of at least 4 members (excludes halogenated alkanes) is 23.